The van der Waals surface area contributed by atoms with Gasteiger partial charge in [0.2, 0.25) is 0 Å². The first-order chi connectivity index (χ1) is 8.34. The molecule has 0 unspecified atom stereocenters. The van der Waals surface area contributed by atoms with Crippen LogP contribution in [0, 0.1) is 0 Å². The Bertz CT molecular complexity index is 309. The standard InChI is InChI=1S/C12H19N3O2/c16-12(14-11-5-2-1-3-6-11)17-10-15-8-4-7-13-9-15/h4,7-8,11H,1-3,5-6,9-10H2,(H,14,16). The van der Waals surface area contributed by atoms with Crippen LogP contribution in [0.2, 0.25) is 0 Å². The van der Waals surface area contributed by atoms with Crippen LogP contribution < -0.4 is 5.32 Å². The number of ether oxygens (including phenoxy) is 1. The molecule has 1 aliphatic heterocycles. The molecule has 0 aromatic rings. The molecule has 5 nitrogen and oxygen atoms in total. The van der Waals surface area contributed by atoms with Crippen molar-refractivity contribution in [3.8, 4) is 0 Å². The Hall–Kier alpha value is -1.52. The molecule has 0 aromatic heterocycles. The van der Waals surface area contributed by atoms with Gasteiger partial charge in [-0.05, 0) is 18.9 Å². The second-order valence-corrected chi connectivity index (χ2v) is 4.44. The maximum Gasteiger partial charge on any atom is 0.409 e. The number of amides is 1. The number of nitrogens with zero attached hydrogens (tertiary/aromatic N) is 2. The van der Waals surface area contributed by atoms with Crippen molar-refractivity contribution in [1.82, 2.24) is 10.2 Å². The van der Waals surface area contributed by atoms with Crippen molar-refractivity contribution in [2.75, 3.05) is 13.4 Å². The van der Waals surface area contributed by atoms with Crippen LogP contribution in [-0.4, -0.2) is 36.6 Å². The van der Waals surface area contributed by atoms with E-state index in [9.17, 15) is 4.79 Å². The fourth-order valence-electron chi connectivity index (χ4n) is 2.10. The fourth-order valence-corrected chi connectivity index (χ4v) is 2.10. The van der Waals surface area contributed by atoms with Crippen LogP contribution in [0.1, 0.15) is 32.1 Å². The minimum Gasteiger partial charge on any atom is -0.428 e. The third kappa shape index (κ3) is 4.09. The molecular weight excluding hydrogens is 218 g/mol. The highest BCUT2D eigenvalue weighted by Crippen LogP contribution is 2.17. The van der Waals surface area contributed by atoms with Gasteiger partial charge in [0.1, 0.15) is 6.67 Å². The molecule has 0 spiro atoms. The Morgan fingerprint density at radius 1 is 1.41 bits per heavy atom. The number of hydrogen-bond donors (Lipinski definition) is 1. The first-order valence-corrected chi connectivity index (χ1v) is 6.18. The number of carbonyl (C=O) groups is 1. The zero-order chi connectivity index (χ0) is 11.9. The molecule has 5 heteroatoms. The van der Waals surface area contributed by atoms with Gasteiger partial charge >= 0.3 is 6.09 Å². The van der Waals surface area contributed by atoms with Gasteiger partial charge in [-0.15, -0.1) is 0 Å². The summed E-state index contributed by atoms with van der Waals surface area (Å²) >= 11 is 0. The SMILES string of the molecule is O=C(NC1CCCCC1)OCN1C=CC=NC1. The molecule has 1 amide bonds. The summed E-state index contributed by atoms with van der Waals surface area (Å²) in [5.74, 6) is 0. The number of allylic oxidation sites excluding steroid dienone is 1. The predicted octanol–water partition coefficient (Wildman–Crippen LogP) is 1.86. The van der Waals surface area contributed by atoms with E-state index < -0.39 is 0 Å². The van der Waals surface area contributed by atoms with Crippen molar-refractivity contribution in [3.05, 3.63) is 12.3 Å². The number of carbonyl (C=O) groups excluding carboxylic acids is 1. The summed E-state index contributed by atoms with van der Waals surface area (Å²) in [6, 6.07) is 0.297. The summed E-state index contributed by atoms with van der Waals surface area (Å²) in [5, 5.41) is 2.91. The van der Waals surface area contributed by atoms with E-state index in [4.69, 9.17) is 4.74 Å². The lowest BCUT2D eigenvalue weighted by Gasteiger charge is -2.24. The molecular formula is C12H19N3O2. The number of rotatable bonds is 3. The van der Waals surface area contributed by atoms with E-state index in [1.807, 2.05) is 17.2 Å². The minimum atomic E-state index is -0.320. The summed E-state index contributed by atoms with van der Waals surface area (Å²) in [6.07, 6.45) is 10.9. The van der Waals surface area contributed by atoms with E-state index in [1.165, 1.54) is 19.3 Å². The average Bonchev–Trinajstić information content (AvgIpc) is 2.39. The minimum absolute atomic E-state index is 0.256. The lowest BCUT2D eigenvalue weighted by molar-refractivity contribution is 0.0898. The molecule has 2 rings (SSSR count). The molecule has 1 N–H and O–H groups in total. The number of hydrogen-bond acceptors (Lipinski definition) is 4. The number of aliphatic imine (C=N–C) groups is 1. The Kier molecular flexibility index (Phi) is 4.41. The van der Waals surface area contributed by atoms with Gasteiger partial charge in [0.25, 0.3) is 0 Å². The van der Waals surface area contributed by atoms with Gasteiger partial charge in [-0.25, -0.2) is 4.79 Å². The van der Waals surface area contributed by atoms with E-state index >= 15 is 0 Å². The van der Waals surface area contributed by atoms with E-state index in [0.717, 1.165) is 12.8 Å². The molecule has 0 atom stereocenters. The third-order valence-corrected chi connectivity index (χ3v) is 3.04. The molecule has 1 heterocycles. The van der Waals surface area contributed by atoms with Crippen LogP contribution in [0.4, 0.5) is 4.79 Å². The highest BCUT2D eigenvalue weighted by Gasteiger charge is 2.16. The topological polar surface area (TPSA) is 53.9 Å². The monoisotopic (exact) mass is 237 g/mol. The Morgan fingerprint density at radius 3 is 2.94 bits per heavy atom. The molecule has 2 aliphatic rings. The van der Waals surface area contributed by atoms with Crippen LogP contribution in [0.25, 0.3) is 0 Å². The predicted molar refractivity (Wildman–Crippen MR) is 65.7 cm³/mol. The summed E-state index contributed by atoms with van der Waals surface area (Å²) in [5.41, 5.74) is 0. The maximum atomic E-state index is 11.5. The van der Waals surface area contributed by atoms with Gasteiger partial charge in [0.15, 0.2) is 6.73 Å². The van der Waals surface area contributed by atoms with Crippen molar-refractivity contribution in [2.24, 2.45) is 4.99 Å². The lowest BCUT2D eigenvalue weighted by Crippen LogP contribution is -2.38. The largest absolute Gasteiger partial charge is 0.428 e. The molecule has 1 fully saturated rings. The average molecular weight is 237 g/mol. The van der Waals surface area contributed by atoms with Gasteiger partial charge in [-0.3, -0.25) is 4.99 Å². The van der Waals surface area contributed by atoms with Gasteiger partial charge in [-0.1, -0.05) is 19.3 Å². The zero-order valence-electron chi connectivity index (χ0n) is 9.97. The van der Waals surface area contributed by atoms with Crippen LogP contribution in [0.15, 0.2) is 17.3 Å². The van der Waals surface area contributed by atoms with Crippen LogP contribution >= 0.6 is 0 Å². The van der Waals surface area contributed by atoms with Crippen LogP contribution in [-0.2, 0) is 4.74 Å². The molecule has 17 heavy (non-hydrogen) atoms. The van der Waals surface area contributed by atoms with Gasteiger partial charge in [0.05, 0.1) is 0 Å². The highest BCUT2D eigenvalue weighted by atomic mass is 16.6. The molecule has 94 valence electrons. The normalized spacial score (nSPS) is 20.4. The Morgan fingerprint density at radius 2 is 2.24 bits per heavy atom. The summed E-state index contributed by atoms with van der Waals surface area (Å²) in [7, 11) is 0. The molecule has 1 saturated carbocycles. The van der Waals surface area contributed by atoms with Gasteiger partial charge < -0.3 is 15.0 Å². The zero-order valence-corrected chi connectivity index (χ0v) is 9.97. The second-order valence-electron chi connectivity index (χ2n) is 4.44. The van der Waals surface area contributed by atoms with E-state index in [0.29, 0.717) is 12.7 Å². The van der Waals surface area contributed by atoms with Gasteiger partial charge in [0, 0.05) is 18.5 Å². The Labute approximate surface area is 102 Å². The number of alkyl carbamates (subject to hydrolysis) is 1. The molecule has 0 aromatic carbocycles. The number of nitrogens with one attached hydrogen (secondary N) is 1. The third-order valence-electron chi connectivity index (χ3n) is 3.04. The first kappa shape index (κ1) is 12.0. The Balaban J connectivity index is 1.63. The molecule has 1 aliphatic carbocycles. The van der Waals surface area contributed by atoms with Crippen LogP contribution in [0.5, 0.6) is 0 Å². The smallest absolute Gasteiger partial charge is 0.409 e. The van der Waals surface area contributed by atoms with Crippen molar-refractivity contribution >= 4 is 12.3 Å². The first-order valence-electron chi connectivity index (χ1n) is 6.18. The summed E-state index contributed by atoms with van der Waals surface area (Å²) in [4.78, 5) is 17.4. The quantitative estimate of drug-likeness (QED) is 0.815. The van der Waals surface area contributed by atoms with Crippen molar-refractivity contribution < 1.29 is 9.53 Å². The fraction of sp³-hybridized carbons (Fsp3) is 0.667. The summed E-state index contributed by atoms with van der Waals surface area (Å²) in [6.45, 7) is 0.805. The molecule has 0 bridgehead atoms. The van der Waals surface area contributed by atoms with Crippen LogP contribution in [0.3, 0.4) is 0 Å². The summed E-state index contributed by atoms with van der Waals surface area (Å²) < 4.78 is 5.13. The van der Waals surface area contributed by atoms with Crippen molar-refractivity contribution in [3.63, 3.8) is 0 Å². The van der Waals surface area contributed by atoms with Gasteiger partial charge in [-0.2, -0.15) is 0 Å². The van der Waals surface area contributed by atoms with E-state index in [2.05, 4.69) is 10.3 Å². The molecule has 0 saturated heterocycles. The van der Waals surface area contributed by atoms with E-state index in [1.54, 1.807) is 6.21 Å². The van der Waals surface area contributed by atoms with Crippen molar-refractivity contribution in [2.45, 2.75) is 38.1 Å². The molecule has 0 radical (unpaired) electrons. The van der Waals surface area contributed by atoms with Crippen molar-refractivity contribution in [1.29, 1.82) is 0 Å². The second kappa shape index (κ2) is 6.27. The highest BCUT2D eigenvalue weighted by molar-refractivity contribution is 5.71. The maximum absolute atomic E-state index is 11.5. The van der Waals surface area contributed by atoms with E-state index in [-0.39, 0.29) is 12.8 Å². The lowest BCUT2D eigenvalue weighted by atomic mass is 9.96.